The Morgan fingerprint density at radius 2 is 1.81 bits per heavy atom. The van der Waals surface area contributed by atoms with E-state index >= 15 is 0 Å². The Morgan fingerprint density at radius 1 is 1.12 bits per heavy atom. The molecule has 0 saturated carbocycles. The minimum atomic E-state index is -0.687. The van der Waals surface area contributed by atoms with Gasteiger partial charge in [-0.15, -0.1) is 0 Å². The van der Waals surface area contributed by atoms with Gasteiger partial charge in [0.25, 0.3) is 5.56 Å². The van der Waals surface area contributed by atoms with Crippen LogP contribution in [0.5, 0.6) is 28.7 Å². The van der Waals surface area contributed by atoms with Gasteiger partial charge in [0, 0.05) is 25.4 Å². The Hall–Kier alpha value is -3.48. The number of ether oxygens (including phenoxy) is 3. The summed E-state index contributed by atoms with van der Waals surface area (Å²) in [5, 5.41) is 10.7. The second kappa shape index (κ2) is 6.79. The fraction of sp³-hybridized carbons (Fsp3) is 0.158. The Morgan fingerprint density at radius 3 is 2.46 bits per heavy atom. The van der Waals surface area contributed by atoms with E-state index in [1.165, 1.54) is 11.6 Å². The topological polar surface area (TPSA) is 87.0 Å². The van der Waals surface area contributed by atoms with Crippen molar-refractivity contribution in [2.75, 3.05) is 7.11 Å². The molecule has 0 radical (unpaired) electrons. The van der Waals surface area contributed by atoms with E-state index in [1.54, 1.807) is 37.4 Å². The highest BCUT2D eigenvalue weighted by Crippen LogP contribution is 2.36. The van der Waals surface area contributed by atoms with Crippen molar-refractivity contribution in [1.82, 2.24) is 4.57 Å². The minimum absolute atomic E-state index is 0.357. The van der Waals surface area contributed by atoms with E-state index in [9.17, 15) is 14.7 Å². The highest BCUT2D eigenvalue weighted by atomic mass is 16.5. The largest absolute Gasteiger partial charge is 0.504 e. The number of rotatable bonds is 4. The van der Waals surface area contributed by atoms with Gasteiger partial charge in [-0.25, -0.2) is 0 Å². The van der Waals surface area contributed by atoms with Crippen LogP contribution in [0.4, 0.5) is 0 Å². The van der Waals surface area contributed by atoms with Crippen LogP contribution in [0.15, 0.2) is 47.3 Å². The molecule has 0 unspecified atom stereocenters. The maximum absolute atomic E-state index is 12.4. The first-order chi connectivity index (χ1) is 12.4. The molecule has 7 heteroatoms. The first-order valence-electron chi connectivity index (χ1n) is 7.77. The number of methoxy groups -OCH3 is 1. The standard InChI is InChI=1S/C19H17NO6/c1-11(21)25-18-17(22)13-9-8-12(10-14(13)20(2)19(18)23)26-16-7-5-4-6-15(16)24-3/h4-10,22H,1-3H3. The van der Waals surface area contributed by atoms with Gasteiger partial charge < -0.3 is 23.9 Å². The first kappa shape index (κ1) is 17.3. The number of nitrogens with zero attached hydrogens (tertiary/aromatic N) is 1. The van der Waals surface area contributed by atoms with Crippen LogP contribution in [-0.4, -0.2) is 22.8 Å². The number of para-hydroxylation sites is 2. The maximum atomic E-state index is 12.4. The number of aromatic nitrogens is 1. The Labute approximate surface area is 149 Å². The Balaban J connectivity index is 2.11. The van der Waals surface area contributed by atoms with Gasteiger partial charge in [0.05, 0.1) is 12.6 Å². The molecular formula is C19H17NO6. The SMILES string of the molecule is COc1ccccc1Oc1ccc2c(O)c(OC(C)=O)c(=O)n(C)c2c1. The number of carbonyl (C=O) groups excluding carboxylic acids is 1. The highest BCUT2D eigenvalue weighted by Gasteiger charge is 2.18. The van der Waals surface area contributed by atoms with Crippen LogP contribution in [0.2, 0.25) is 0 Å². The van der Waals surface area contributed by atoms with E-state index in [1.807, 2.05) is 12.1 Å². The Bertz CT molecular complexity index is 1050. The Kier molecular flexibility index (Phi) is 4.53. The van der Waals surface area contributed by atoms with Crippen LogP contribution in [0.3, 0.4) is 0 Å². The molecule has 0 aliphatic heterocycles. The summed E-state index contributed by atoms with van der Waals surface area (Å²) < 4.78 is 17.2. The summed E-state index contributed by atoms with van der Waals surface area (Å²) in [6.45, 7) is 1.16. The van der Waals surface area contributed by atoms with Crippen molar-refractivity contribution in [3.05, 3.63) is 52.8 Å². The van der Waals surface area contributed by atoms with Crippen LogP contribution in [-0.2, 0) is 11.8 Å². The van der Waals surface area contributed by atoms with Crippen LogP contribution in [0, 0.1) is 0 Å². The molecule has 1 heterocycles. The molecule has 1 N–H and O–H groups in total. The number of benzene rings is 2. The lowest BCUT2D eigenvalue weighted by molar-refractivity contribution is -0.132. The van der Waals surface area contributed by atoms with E-state index < -0.39 is 17.3 Å². The normalized spacial score (nSPS) is 10.6. The van der Waals surface area contributed by atoms with E-state index in [-0.39, 0.29) is 5.75 Å². The lowest BCUT2D eigenvalue weighted by atomic mass is 10.1. The molecule has 26 heavy (non-hydrogen) atoms. The lowest BCUT2D eigenvalue weighted by Gasteiger charge is -2.14. The third-order valence-electron chi connectivity index (χ3n) is 3.84. The second-order valence-electron chi connectivity index (χ2n) is 5.57. The van der Waals surface area contributed by atoms with Crippen LogP contribution in [0.1, 0.15) is 6.92 Å². The number of aryl methyl sites for hydroxylation is 1. The van der Waals surface area contributed by atoms with Crippen molar-refractivity contribution in [2.24, 2.45) is 7.05 Å². The first-order valence-corrected chi connectivity index (χ1v) is 7.77. The average Bonchev–Trinajstić information content (AvgIpc) is 2.63. The van der Waals surface area contributed by atoms with E-state index in [2.05, 4.69) is 0 Å². The quantitative estimate of drug-likeness (QED) is 0.724. The third-order valence-corrected chi connectivity index (χ3v) is 3.84. The maximum Gasteiger partial charge on any atom is 0.308 e. The highest BCUT2D eigenvalue weighted by molar-refractivity contribution is 5.89. The molecule has 0 amide bonds. The van der Waals surface area contributed by atoms with E-state index in [0.29, 0.717) is 28.2 Å². The number of fused-ring (bicyclic) bond motifs is 1. The molecule has 7 nitrogen and oxygen atoms in total. The number of carbonyl (C=O) groups is 1. The van der Waals surface area contributed by atoms with Gasteiger partial charge in [0.15, 0.2) is 17.2 Å². The summed E-state index contributed by atoms with van der Waals surface area (Å²) in [6, 6.07) is 12.0. The monoisotopic (exact) mass is 355 g/mol. The third kappa shape index (κ3) is 3.06. The summed E-state index contributed by atoms with van der Waals surface area (Å²) in [6.07, 6.45) is 0. The molecule has 134 valence electrons. The van der Waals surface area contributed by atoms with Crippen LogP contribution in [0.25, 0.3) is 10.9 Å². The second-order valence-corrected chi connectivity index (χ2v) is 5.57. The van der Waals surface area contributed by atoms with Gasteiger partial charge in [-0.3, -0.25) is 9.59 Å². The van der Waals surface area contributed by atoms with Crippen molar-refractivity contribution in [3.63, 3.8) is 0 Å². The average molecular weight is 355 g/mol. The number of esters is 1. The fourth-order valence-corrected chi connectivity index (χ4v) is 2.60. The molecular weight excluding hydrogens is 338 g/mol. The van der Waals surface area contributed by atoms with Crippen LogP contribution >= 0.6 is 0 Å². The molecule has 0 saturated heterocycles. The zero-order valence-corrected chi connectivity index (χ0v) is 14.5. The lowest BCUT2D eigenvalue weighted by Crippen LogP contribution is -2.21. The number of hydrogen-bond donors (Lipinski definition) is 1. The van der Waals surface area contributed by atoms with Gasteiger partial charge in [0.2, 0.25) is 5.75 Å². The molecule has 3 aromatic rings. The number of pyridine rings is 1. The molecule has 0 spiro atoms. The summed E-state index contributed by atoms with van der Waals surface area (Å²) in [5.74, 6) is 0.0622. The summed E-state index contributed by atoms with van der Waals surface area (Å²) in [7, 11) is 3.06. The van der Waals surface area contributed by atoms with Gasteiger partial charge >= 0.3 is 5.97 Å². The molecule has 0 fully saturated rings. The summed E-state index contributed by atoms with van der Waals surface area (Å²) in [4.78, 5) is 23.5. The van der Waals surface area contributed by atoms with Crippen molar-refractivity contribution in [2.45, 2.75) is 6.92 Å². The molecule has 0 bridgehead atoms. The van der Waals surface area contributed by atoms with Gasteiger partial charge in [-0.05, 0) is 24.3 Å². The van der Waals surface area contributed by atoms with Crippen molar-refractivity contribution in [3.8, 4) is 28.7 Å². The predicted octanol–water partition coefficient (Wildman–Crippen LogP) is 2.97. The zero-order chi connectivity index (χ0) is 18.8. The van der Waals surface area contributed by atoms with E-state index in [4.69, 9.17) is 14.2 Å². The molecule has 0 aliphatic carbocycles. The number of hydrogen-bond acceptors (Lipinski definition) is 6. The summed E-state index contributed by atoms with van der Waals surface area (Å²) >= 11 is 0. The molecule has 1 aromatic heterocycles. The molecule has 2 aromatic carbocycles. The summed E-state index contributed by atoms with van der Waals surface area (Å²) in [5.41, 5.74) is -0.199. The predicted molar refractivity (Wildman–Crippen MR) is 95.2 cm³/mol. The van der Waals surface area contributed by atoms with Gasteiger partial charge in [0.1, 0.15) is 5.75 Å². The van der Waals surface area contributed by atoms with Crippen molar-refractivity contribution in [1.29, 1.82) is 0 Å². The number of aromatic hydroxyl groups is 1. The smallest absolute Gasteiger partial charge is 0.308 e. The molecule has 3 rings (SSSR count). The zero-order valence-electron chi connectivity index (χ0n) is 14.5. The van der Waals surface area contributed by atoms with Crippen molar-refractivity contribution < 1.29 is 24.1 Å². The van der Waals surface area contributed by atoms with E-state index in [0.717, 1.165) is 6.92 Å². The minimum Gasteiger partial charge on any atom is -0.504 e. The van der Waals surface area contributed by atoms with Gasteiger partial charge in [-0.1, -0.05) is 12.1 Å². The fourth-order valence-electron chi connectivity index (χ4n) is 2.60. The van der Waals surface area contributed by atoms with Crippen molar-refractivity contribution >= 4 is 16.9 Å². The van der Waals surface area contributed by atoms with Crippen LogP contribution < -0.4 is 19.8 Å². The van der Waals surface area contributed by atoms with Gasteiger partial charge in [-0.2, -0.15) is 0 Å². The molecule has 0 aliphatic rings. The molecule has 0 atom stereocenters.